The number of fused-ring (bicyclic) bond motifs is 1. The minimum Gasteiger partial charge on any atom is -0.343 e. The molecule has 34 heavy (non-hydrogen) atoms. The summed E-state index contributed by atoms with van der Waals surface area (Å²) < 4.78 is 28.3. The predicted molar refractivity (Wildman–Crippen MR) is 125 cm³/mol. The van der Waals surface area contributed by atoms with E-state index in [9.17, 15) is 23.2 Å². The van der Waals surface area contributed by atoms with Crippen molar-refractivity contribution in [1.82, 2.24) is 15.5 Å². The van der Waals surface area contributed by atoms with Gasteiger partial charge < -0.3 is 20.9 Å². The molecule has 0 aromatic heterocycles. The molecule has 0 radical (unpaired) electrons. The Labute approximate surface area is 197 Å². The summed E-state index contributed by atoms with van der Waals surface area (Å²) in [6.07, 6.45) is 0.176. The Morgan fingerprint density at radius 1 is 0.971 bits per heavy atom. The zero-order valence-electron chi connectivity index (χ0n) is 19.7. The van der Waals surface area contributed by atoms with Crippen molar-refractivity contribution in [3.63, 3.8) is 0 Å². The van der Waals surface area contributed by atoms with Gasteiger partial charge in [0.1, 0.15) is 29.4 Å². The van der Waals surface area contributed by atoms with E-state index in [2.05, 4.69) is 16.0 Å². The van der Waals surface area contributed by atoms with Gasteiger partial charge in [0.15, 0.2) is 0 Å². The number of amides is 3. The minimum atomic E-state index is -1.01. The predicted octanol–water partition coefficient (Wildman–Crippen LogP) is 2.61. The van der Waals surface area contributed by atoms with Crippen molar-refractivity contribution < 1.29 is 23.2 Å². The summed E-state index contributed by atoms with van der Waals surface area (Å²) in [5.41, 5.74) is 1.18. The van der Waals surface area contributed by atoms with Gasteiger partial charge in [-0.3, -0.25) is 14.4 Å². The molecule has 182 valence electrons. The molecule has 2 aromatic rings. The Kier molecular flexibility index (Phi) is 7.98. The molecule has 3 amide bonds. The van der Waals surface area contributed by atoms with Crippen molar-refractivity contribution in [1.29, 1.82) is 0 Å². The smallest absolute Gasteiger partial charge is 0.247 e. The third kappa shape index (κ3) is 5.41. The van der Waals surface area contributed by atoms with Crippen LogP contribution in [-0.2, 0) is 27.3 Å². The van der Waals surface area contributed by atoms with Crippen molar-refractivity contribution in [2.75, 3.05) is 12.4 Å². The summed E-state index contributed by atoms with van der Waals surface area (Å²) in [6.45, 7) is 5.41. The lowest BCUT2D eigenvalue weighted by Gasteiger charge is -2.39. The van der Waals surface area contributed by atoms with E-state index in [0.29, 0.717) is 0 Å². The van der Waals surface area contributed by atoms with Crippen LogP contribution in [0.5, 0.6) is 0 Å². The highest BCUT2D eigenvalue weighted by Gasteiger charge is 2.39. The molecule has 1 aliphatic heterocycles. The van der Waals surface area contributed by atoms with Gasteiger partial charge in [0.05, 0.1) is 6.04 Å². The second-order valence-corrected chi connectivity index (χ2v) is 8.78. The van der Waals surface area contributed by atoms with E-state index in [0.717, 1.165) is 23.3 Å². The van der Waals surface area contributed by atoms with Gasteiger partial charge in [-0.05, 0) is 43.1 Å². The topological polar surface area (TPSA) is 90.5 Å². The molecular weight excluding hydrogens is 442 g/mol. The van der Waals surface area contributed by atoms with E-state index in [1.54, 1.807) is 27.8 Å². The van der Waals surface area contributed by atoms with Gasteiger partial charge in [0.25, 0.3) is 0 Å². The number of likely N-dealkylation sites (N-methyl/N-ethyl adjacent to an activating group) is 1. The lowest BCUT2D eigenvalue weighted by Crippen LogP contribution is -2.59. The van der Waals surface area contributed by atoms with Crippen LogP contribution in [0.4, 0.5) is 14.5 Å². The number of nitrogens with zero attached hydrogens (tertiary/aromatic N) is 1. The Bertz CT molecular complexity index is 1060. The molecule has 3 atom stereocenters. The van der Waals surface area contributed by atoms with Crippen molar-refractivity contribution in [3.05, 3.63) is 65.2 Å². The highest BCUT2D eigenvalue weighted by Crippen LogP contribution is 2.27. The lowest BCUT2D eigenvalue weighted by molar-refractivity contribution is -0.144. The van der Waals surface area contributed by atoms with E-state index < -0.39 is 47.3 Å². The van der Waals surface area contributed by atoms with E-state index in [-0.39, 0.29) is 24.8 Å². The minimum absolute atomic E-state index is 0.132. The van der Waals surface area contributed by atoms with Gasteiger partial charge in [0.2, 0.25) is 17.7 Å². The maximum Gasteiger partial charge on any atom is 0.247 e. The maximum atomic E-state index is 14.2. The first kappa shape index (κ1) is 25.3. The monoisotopic (exact) mass is 472 g/mol. The molecule has 2 aromatic carbocycles. The van der Waals surface area contributed by atoms with Crippen LogP contribution in [0, 0.1) is 17.6 Å². The van der Waals surface area contributed by atoms with Crippen molar-refractivity contribution >= 4 is 23.4 Å². The van der Waals surface area contributed by atoms with E-state index in [1.165, 1.54) is 11.0 Å². The summed E-state index contributed by atoms with van der Waals surface area (Å²) in [7, 11) is 1.64. The number of carbonyl (C=O) groups is 3. The Balaban J connectivity index is 1.93. The zero-order valence-corrected chi connectivity index (χ0v) is 19.7. The quantitative estimate of drug-likeness (QED) is 0.578. The summed E-state index contributed by atoms with van der Waals surface area (Å²) >= 11 is 0. The number of nitrogens with one attached hydrogen (secondary N) is 3. The van der Waals surface area contributed by atoms with Gasteiger partial charge in [-0.1, -0.05) is 44.2 Å². The van der Waals surface area contributed by atoms with Gasteiger partial charge in [-0.15, -0.1) is 0 Å². The van der Waals surface area contributed by atoms with Gasteiger partial charge >= 0.3 is 0 Å². The molecule has 0 bridgehead atoms. The highest BCUT2D eigenvalue weighted by molar-refractivity contribution is 5.99. The highest BCUT2D eigenvalue weighted by atomic mass is 19.1. The molecule has 3 N–H and O–H groups in total. The summed E-state index contributed by atoms with van der Waals surface area (Å²) in [4.78, 5) is 40.8. The average Bonchev–Trinajstić information content (AvgIpc) is 2.82. The van der Waals surface area contributed by atoms with Gasteiger partial charge in [-0.25, -0.2) is 8.78 Å². The van der Waals surface area contributed by atoms with Crippen LogP contribution in [0.25, 0.3) is 0 Å². The Morgan fingerprint density at radius 3 is 2.18 bits per heavy atom. The fourth-order valence-corrected chi connectivity index (χ4v) is 3.91. The van der Waals surface area contributed by atoms with Crippen molar-refractivity contribution in [3.8, 4) is 0 Å². The summed E-state index contributed by atoms with van der Waals surface area (Å²) in [6, 6.07) is 8.29. The number of hydrogen-bond acceptors (Lipinski definition) is 4. The van der Waals surface area contributed by atoms with Crippen LogP contribution in [0.15, 0.2) is 42.5 Å². The van der Waals surface area contributed by atoms with Gasteiger partial charge in [0, 0.05) is 13.0 Å². The first-order valence-electron chi connectivity index (χ1n) is 11.2. The fourth-order valence-electron chi connectivity index (χ4n) is 3.91. The number of benzene rings is 2. The molecule has 0 saturated carbocycles. The van der Waals surface area contributed by atoms with Crippen LogP contribution in [0.1, 0.15) is 31.9 Å². The average molecular weight is 473 g/mol. The molecule has 7 nitrogen and oxygen atoms in total. The van der Waals surface area contributed by atoms with Crippen LogP contribution in [0.2, 0.25) is 0 Å². The fraction of sp³-hybridized carbons (Fsp3) is 0.400. The normalized spacial score (nSPS) is 17.0. The maximum absolute atomic E-state index is 14.2. The summed E-state index contributed by atoms with van der Waals surface area (Å²) in [5.74, 6) is -3.56. The molecule has 3 rings (SSSR count). The molecule has 1 unspecified atom stereocenters. The van der Waals surface area contributed by atoms with Crippen molar-refractivity contribution in [2.24, 2.45) is 5.92 Å². The van der Waals surface area contributed by atoms with Crippen LogP contribution in [0.3, 0.4) is 0 Å². The zero-order chi connectivity index (χ0) is 25.0. The molecule has 1 aliphatic rings. The van der Waals surface area contributed by atoms with Gasteiger partial charge in [-0.2, -0.15) is 0 Å². The lowest BCUT2D eigenvalue weighted by atomic mass is 9.91. The number of anilines is 1. The molecule has 1 heterocycles. The number of halogens is 2. The van der Waals surface area contributed by atoms with Crippen LogP contribution < -0.4 is 16.0 Å². The number of rotatable bonds is 7. The largest absolute Gasteiger partial charge is 0.343 e. The summed E-state index contributed by atoms with van der Waals surface area (Å²) in [5, 5.41) is 7.92. The first-order chi connectivity index (χ1) is 16.1. The molecule has 0 aliphatic carbocycles. The second kappa shape index (κ2) is 10.7. The number of carbonyl (C=O) groups excluding carboxylic acids is 3. The first-order valence-corrected chi connectivity index (χ1v) is 11.2. The molecule has 0 fully saturated rings. The number of hydrogen-bond donors (Lipinski definition) is 3. The van der Waals surface area contributed by atoms with E-state index >= 15 is 0 Å². The Hall–Kier alpha value is -3.33. The molecule has 9 heteroatoms. The van der Waals surface area contributed by atoms with Crippen LogP contribution in [-0.4, -0.2) is 47.8 Å². The Morgan fingerprint density at radius 2 is 1.59 bits per heavy atom. The van der Waals surface area contributed by atoms with Crippen molar-refractivity contribution in [2.45, 2.75) is 51.9 Å². The second-order valence-electron chi connectivity index (χ2n) is 8.78. The SMILES string of the molecule is CN[C@@H](C)C(=O)N[C@H](C(=O)N1Cc2ccccc2CC1C(=O)Nc1c(F)cccc1F)C(C)C. The third-order valence-corrected chi connectivity index (χ3v) is 6.10. The third-order valence-electron chi connectivity index (χ3n) is 6.10. The molecular formula is C25H30F2N4O3. The molecule has 0 spiro atoms. The van der Waals surface area contributed by atoms with Crippen LogP contribution >= 0.6 is 0 Å². The molecule has 0 saturated heterocycles. The van der Waals surface area contributed by atoms with E-state index in [1.807, 2.05) is 24.3 Å². The standard InChI is InChI=1S/C25H30F2N4O3/c1-14(2)21(29-23(32)15(3)28-4)25(34)31-13-17-9-6-5-8-16(17)12-20(31)24(33)30-22-18(26)10-7-11-19(22)27/h5-11,14-15,20-21,28H,12-13H2,1-4H3,(H,29,32)(H,30,33)/t15-,20?,21-/m0/s1. The number of para-hydroxylation sites is 1. The van der Waals surface area contributed by atoms with E-state index in [4.69, 9.17) is 0 Å².